The van der Waals surface area contributed by atoms with E-state index in [0.717, 1.165) is 12.2 Å². The molecule has 2 fully saturated rings. The fourth-order valence-corrected chi connectivity index (χ4v) is 4.82. The second-order valence-electron chi connectivity index (χ2n) is 8.63. The zero-order chi connectivity index (χ0) is 16.3. The van der Waals surface area contributed by atoms with Gasteiger partial charge in [0, 0.05) is 18.0 Å². The fraction of sp³-hybridized carbons (Fsp3) is 0.947. The first-order chi connectivity index (χ1) is 10.4. The van der Waals surface area contributed by atoms with Crippen LogP contribution in [0.1, 0.15) is 79.1 Å². The van der Waals surface area contributed by atoms with Gasteiger partial charge < -0.3 is 4.90 Å². The van der Waals surface area contributed by atoms with Gasteiger partial charge in [-0.3, -0.25) is 4.79 Å². The van der Waals surface area contributed by atoms with Crippen molar-refractivity contribution in [1.29, 1.82) is 0 Å². The van der Waals surface area contributed by atoms with E-state index in [0.29, 0.717) is 35.7 Å². The molecular weight excluding hydrogens is 269 g/mol. The molecule has 4 atom stereocenters. The van der Waals surface area contributed by atoms with Gasteiger partial charge >= 0.3 is 0 Å². The van der Waals surface area contributed by atoms with Crippen molar-refractivity contribution in [3.05, 3.63) is 0 Å². The lowest BCUT2D eigenvalue weighted by Gasteiger charge is -2.33. The van der Waals surface area contributed by atoms with Gasteiger partial charge in [-0.2, -0.15) is 0 Å². The molecule has 2 aliphatic rings. The first-order valence-electron chi connectivity index (χ1n) is 9.74. The molecule has 1 saturated heterocycles. The summed E-state index contributed by atoms with van der Waals surface area (Å²) in [7, 11) is 2.41. The van der Waals surface area contributed by atoms with Gasteiger partial charge in [0.15, 0.2) is 0 Å². The minimum Gasteiger partial charge on any atom is -0.337 e. The third-order valence-electron chi connectivity index (χ3n) is 5.91. The van der Waals surface area contributed by atoms with E-state index in [-0.39, 0.29) is 0 Å². The topological polar surface area (TPSA) is 20.3 Å². The van der Waals surface area contributed by atoms with Crippen molar-refractivity contribution in [1.82, 2.24) is 4.90 Å². The maximum Gasteiger partial charge on any atom is 0.226 e. The quantitative estimate of drug-likeness (QED) is 0.720. The number of fused-ring (bicyclic) bond motifs is 1. The van der Waals surface area contributed by atoms with Crippen molar-refractivity contribution >= 4 is 13.8 Å². The van der Waals surface area contributed by atoms with E-state index in [1.807, 2.05) is 0 Å². The summed E-state index contributed by atoms with van der Waals surface area (Å²) in [6.07, 6.45) is 10.3. The Hall–Kier alpha value is -0.465. The van der Waals surface area contributed by atoms with E-state index < -0.39 is 0 Å². The van der Waals surface area contributed by atoms with Crippen molar-refractivity contribution in [3.63, 3.8) is 0 Å². The number of rotatable bonds is 3. The fourth-order valence-electron chi connectivity index (χ4n) is 4.82. The lowest BCUT2D eigenvalue weighted by Crippen LogP contribution is -2.40. The van der Waals surface area contributed by atoms with Crippen molar-refractivity contribution in [2.45, 2.75) is 97.0 Å². The lowest BCUT2D eigenvalue weighted by molar-refractivity contribution is -0.134. The number of nitrogens with zero attached hydrogens (tertiary/aromatic N) is 1. The zero-order valence-corrected chi connectivity index (χ0v) is 15.5. The highest BCUT2D eigenvalue weighted by atomic mass is 16.2. The van der Waals surface area contributed by atoms with Crippen LogP contribution in [0.25, 0.3) is 0 Å². The van der Waals surface area contributed by atoms with E-state index in [4.69, 9.17) is 0 Å². The third-order valence-corrected chi connectivity index (χ3v) is 5.91. The Balaban J connectivity index is 2.22. The Morgan fingerprint density at radius 1 is 1.05 bits per heavy atom. The van der Waals surface area contributed by atoms with Crippen molar-refractivity contribution in [2.24, 2.45) is 17.8 Å². The maximum atomic E-state index is 13.1. The second kappa shape index (κ2) is 7.88. The van der Waals surface area contributed by atoms with Crippen molar-refractivity contribution < 1.29 is 4.79 Å². The molecule has 0 radical (unpaired) electrons. The molecule has 1 aliphatic carbocycles. The van der Waals surface area contributed by atoms with Crippen LogP contribution in [-0.4, -0.2) is 30.7 Å². The van der Waals surface area contributed by atoms with Gasteiger partial charge in [0.2, 0.25) is 5.91 Å². The molecule has 0 bridgehead atoms. The third kappa shape index (κ3) is 4.08. The van der Waals surface area contributed by atoms with Gasteiger partial charge in [-0.05, 0) is 44.9 Å². The predicted octanol–water partition coefficient (Wildman–Crippen LogP) is 4.05. The lowest BCUT2D eigenvalue weighted by atomic mass is 9.73. The van der Waals surface area contributed by atoms with Crippen LogP contribution in [0, 0.1) is 17.8 Å². The number of hydrogen-bond donors (Lipinski definition) is 0. The van der Waals surface area contributed by atoms with Gasteiger partial charge in [0.25, 0.3) is 0 Å². The van der Waals surface area contributed by atoms with Crippen LogP contribution in [0.4, 0.5) is 0 Å². The molecule has 0 spiro atoms. The molecule has 1 amide bonds. The van der Waals surface area contributed by atoms with Gasteiger partial charge in [0.05, 0.1) is 0 Å². The van der Waals surface area contributed by atoms with Crippen molar-refractivity contribution in [3.8, 4) is 0 Å². The number of likely N-dealkylation sites (tertiary alicyclic amines) is 1. The van der Waals surface area contributed by atoms with E-state index in [1.165, 1.54) is 44.9 Å². The van der Waals surface area contributed by atoms with Gasteiger partial charge in [-0.25, -0.2) is 0 Å². The van der Waals surface area contributed by atoms with E-state index in [1.54, 1.807) is 0 Å². The van der Waals surface area contributed by atoms with Crippen LogP contribution >= 0.6 is 0 Å². The molecule has 2 rings (SSSR count). The van der Waals surface area contributed by atoms with Gasteiger partial charge in [-0.15, -0.1) is 0 Å². The summed E-state index contributed by atoms with van der Waals surface area (Å²) < 4.78 is 0. The molecular formula is C19H36BNO. The molecule has 1 saturated carbocycles. The van der Waals surface area contributed by atoms with Gasteiger partial charge in [0.1, 0.15) is 7.85 Å². The highest BCUT2D eigenvalue weighted by Crippen LogP contribution is 2.43. The Morgan fingerprint density at radius 2 is 1.73 bits per heavy atom. The average molecular weight is 305 g/mol. The molecule has 126 valence electrons. The summed E-state index contributed by atoms with van der Waals surface area (Å²) in [6.45, 7) is 8.94. The van der Waals surface area contributed by atoms with E-state index >= 15 is 0 Å². The molecule has 2 nitrogen and oxygen atoms in total. The monoisotopic (exact) mass is 305 g/mol. The summed E-state index contributed by atoms with van der Waals surface area (Å²) in [4.78, 5) is 15.3. The normalized spacial score (nSPS) is 34.3. The highest BCUT2D eigenvalue weighted by Gasteiger charge is 2.47. The molecule has 0 N–H and O–H groups in total. The van der Waals surface area contributed by atoms with Crippen LogP contribution in [0.3, 0.4) is 0 Å². The molecule has 0 aromatic rings. The Morgan fingerprint density at radius 3 is 2.36 bits per heavy atom. The van der Waals surface area contributed by atoms with Crippen LogP contribution in [0.5, 0.6) is 0 Å². The summed E-state index contributed by atoms with van der Waals surface area (Å²) >= 11 is 0. The molecule has 1 heterocycles. The molecule has 0 aromatic carbocycles. The van der Waals surface area contributed by atoms with Crippen LogP contribution < -0.4 is 0 Å². The molecule has 1 aliphatic heterocycles. The number of carbonyl (C=O) groups excluding carboxylic acids is 1. The molecule has 0 aromatic heterocycles. The van der Waals surface area contributed by atoms with Crippen molar-refractivity contribution in [2.75, 3.05) is 0 Å². The number of carbonyl (C=O) groups is 1. The molecule has 3 heteroatoms. The molecule has 4 unspecified atom stereocenters. The largest absolute Gasteiger partial charge is 0.337 e. The summed E-state index contributed by atoms with van der Waals surface area (Å²) in [6, 6.07) is 0.874. The predicted molar refractivity (Wildman–Crippen MR) is 96.8 cm³/mol. The van der Waals surface area contributed by atoms with E-state index in [9.17, 15) is 4.79 Å². The first kappa shape index (κ1) is 17.9. The van der Waals surface area contributed by atoms with E-state index in [2.05, 4.69) is 40.4 Å². The smallest absolute Gasteiger partial charge is 0.226 e. The number of hydrogen-bond acceptors (Lipinski definition) is 1. The summed E-state index contributed by atoms with van der Waals surface area (Å²) in [5.41, 5.74) is 0. The minimum atomic E-state index is 0.291. The molecule has 22 heavy (non-hydrogen) atoms. The average Bonchev–Trinajstić information content (AvgIpc) is 2.68. The Bertz CT molecular complexity index is 368. The SMILES string of the molecule is BC1CCCCCC2C(CC1)C(CC(C)C)C(=O)N2C(C)C. The maximum absolute atomic E-state index is 13.1. The van der Waals surface area contributed by atoms with Gasteiger partial charge in [-0.1, -0.05) is 51.8 Å². The van der Waals surface area contributed by atoms with Crippen LogP contribution in [0.15, 0.2) is 0 Å². The summed E-state index contributed by atoms with van der Waals surface area (Å²) in [5, 5.41) is 0. The minimum absolute atomic E-state index is 0.291. The number of amides is 1. The van der Waals surface area contributed by atoms with Crippen LogP contribution in [0.2, 0.25) is 5.82 Å². The second-order valence-corrected chi connectivity index (χ2v) is 8.63. The first-order valence-corrected chi connectivity index (χ1v) is 9.74. The Labute approximate surface area is 138 Å². The standard InChI is InChI=1S/C19H36BNO/c1-13(2)12-17-16-11-10-15(20)8-6-5-7-9-18(16)21(14(3)4)19(17)22/h13-18H,5-12,20H2,1-4H3. The zero-order valence-electron chi connectivity index (χ0n) is 15.5. The summed E-state index contributed by atoms with van der Waals surface area (Å²) in [5.74, 6) is 2.82. The Kier molecular flexibility index (Phi) is 6.41. The van der Waals surface area contributed by atoms with Crippen LogP contribution in [-0.2, 0) is 4.79 Å². The highest BCUT2D eigenvalue weighted by molar-refractivity contribution is 6.11.